The average molecular weight is 378 g/mol. The van der Waals surface area contributed by atoms with Gasteiger partial charge in [-0.3, -0.25) is 4.79 Å². The van der Waals surface area contributed by atoms with Crippen molar-refractivity contribution in [2.24, 2.45) is 4.99 Å². The van der Waals surface area contributed by atoms with Crippen molar-refractivity contribution in [3.8, 4) is 0 Å². The van der Waals surface area contributed by atoms with Gasteiger partial charge in [-0.15, -0.1) is 0 Å². The molecule has 6 heteroatoms. The second-order valence-electron chi connectivity index (χ2n) is 7.11. The summed E-state index contributed by atoms with van der Waals surface area (Å²) >= 11 is 6.02. The van der Waals surface area contributed by atoms with E-state index in [4.69, 9.17) is 11.6 Å². The Labute approximate surface area is 159 Å². The molecule has 1 aliphatic carbocycles. The topological polar surface area (TPSA) is 53.5 Å². The van der Waals surface area contributed by atoms with Crippen LogP contribution in [0, 0.1) is 5.82 Å². The van der Waals surface area contributed by atoms with Gasteiger partial charge in [0.05, 0.1) is 0 Å². The summed E-state index contributed by atoms with van der Waals surface area (Å²) in [5, 5.41) is 6.51. The van der Waals surface area contributed by atoms with E-state index >= 15 is 0 Å². The first kappa shape index (κ1) is 20.2. The van der Waals surface area contributed by atoms with Crippen molar-refractivity contribution < 1.29 is 9.18 Å². The van der Waals surface area contributed by atoms with Gasteiger partial charge in [-0.1, -0.05) is 23.2 Å². The van der Waals surface area contributed by atoms with Gasteiger partial charge in [0.25, 0.3) is 5.91 Å². The van der Waals surface area contributed by atoms with Gasteiger partial charge in [0.15, 0.2) is 0 Å². The van der Waals surface area contributed by atoms with Crippen LogP contribution in [-0.4, -0.2) is 18.2 Å². The van der Waals surface area contributed by atoms with Crippen molar-refractivity contribution in [3.63, 3.8) is 0 Å². The Morgan fingerprint density at radius 3 is 2.50 bits per heavy atom. The summed E-state index contributed by atoms with van der Waals surface area (Å²) in [4.78, 5) is 16.9. The highest BCUT2D eigenvalue weighted by Crippen LogP contribution is 2.36. The van der Waals surface area contributed by atoms with Gasteiger partial charge in [-0.25, -0.2) is 9.38 Å². The van der Waals surface area contributed by atoms with E-state index in [9.17, 15) is 9.18 Å². The second-order valence-corrected chi connectivity index (χ2v) is 7.52. The molecular weight excluding hydrogens is 353 g/mol. The molecule has 2 N–H and O–H groups in total. The lowest BCUT2D eigenvalue weighted by Crippen LogP contribution is -2.30. The van der Waals surface area contributed by atoms with E-state index in [1.165, 1.54) is 12.1 Å². The van der Waals surface area contributed by atoms with Crippen LogP contribution in [-0.2, 0) is 11.3 Å². The molecule has 0 aromatic heterocycles. The third-order valence-corrected chi connectivity index (χ3v) is 4.84. The zero-order chi connectivity index (χ0) is 19.5. The molecule has 1 fully saturated rings. The van der Waals surface area contributed by atoms with Gasteiger partial charge in [0, 0.05) is 28.3 Å². The number of benzene rings is 1. The molecule has 0 saturated heterocycles. The monoisotopic (exact) mass is 377 g/mol. The third-order valence-electron chi connectivity index (χ3n) is 4.49. The number of halogens is 2. The van der Waals surface area contributed by atoms with E-state index in [2.05, 4.69) is 29.3 Å². The summed E-state index contributed by atoms with van der Waals surface area (Å²) in [5.74, 6) is -0.0156. The Kier molecular flexibility index (Phi) is 6.24. The molecule has 4 nitrogen and oxygen atoms in total. The number of carbonyl (C=O) groups is 1. The summed E-state index contributed by atoms with van der Waals surface area (Å²) in [6.45, 7) is 11.6. The fraction of sp³-hybridized carbons (Fsp3) is 0.400. The Balaban J connectivity index is 2.19. The van der Waals surface area contributed by atoms with E-state index in [0.29, 0.717) is 17.0 Å². The summed E-state index contributed by atoms with van der Waals surface area (Å²) in [6.07, 6.45) is 2.14. The van der Waals surface area contributed by atoms with E-state index in [1.54, 1.807) is 6.07 Å². The molecule has 2 rings (SSSR count). The molecule has 26 heavy (non-hydrogen) atoms. The van der Waals surface area contributed by atoms with Gasteiger partial charge < -0.3 is 10.6 Å². The Bertz CT molecular complexity index is 790. The van der Waals surface area contributed by atoms with Crippen LogP contribution in [0.15, 0.2) is 45.7 Å². The van der Waals surface area contributed by atoms with Crippen LogP contribution in [0.1, 0.15) is 46.1 Å². The predicted molar refractivity (Wildman–Crippen MR) is 105 cm³/mol. The number of amides is 1. The highest BCUT2D eigenvalue weighted by atomic mass is 35.5. The maximum atomic E-state index is 13.1. The van der Waals surface area contributed by atoms with Crippen LogP contribution in [0.2, 0.25) is 5.02 Å². The van der Waals surface area contributed by atoms with E-state index in [-0.39, 0.29) is 23.0 Å². The minimum absolute atomic E-state index is 0.0304. The van der Waals surface area contributed by atoms with Gasteiger partial charge in [-0.2, -0.15) is 0 Å². The highest BCUT2D eigenvalue weighted by Gasteiger charge is 2.38. The number of hydrogen-bond donors (Lipinski definition) is 2. The molecule has 140 valence electrons. The van der Waals surface area contributed by atoms with Crippen LogP contribution in [0.5, 0.6) is 0 Å². The minimum atomic E-state index is -0.407. The summed E-state index contributed by atoms with van der Waals surface area (Å²) < 4.78 is 13.1. The molecule has 1 aliphatic rings. The zero-order valence-electron chi connectivity index (χ0n) is 15.7. The van der Waals surface area contributed by atoms with Gasteiger partial charge >= 0.3 is 0 Å². The number of nitrogens with one attached hydrogen (secondary N) is 2. The standard InChI is InChI=1S/C20H25ClFN3O/c1-12(2)17(13(3)18(23-5)25-20(4)8-9-20)19(26)24-11-14-6-7-15(22)10-16(14)21/h6-7,10,25H,5,8-9,11H2,1-4H3,(H,24,26)/b18-13-. The lowest BCUT2D eigenvalue weighted by Gasteiger charge is -2.18. The molecule has 1 saturated carbocycles. The quantitative estimate of drug-likeness (QED) is 0.417. The average Bonchev–Trinajstić information content (AvgIpc) is 3.29. The number of allylic oxidation sites excluding steroid dienone is 1. The lowest BCUT2D eigenvalue weighted by atomic mass is 10.0. The SMILES string of the molecule is C=N/C(NC1(C)CC1)=C(\C)C(C(=O)NCc1ccc(F)cc1Cl)=C(C)C. The molecule has 1 aromatic rings. The Hall–Kier alpha value is -2.14. The van der Waals surface area contributed by atoms with E-state index in [0.717, 1.165) is 24.0 Å². The smallest absolute Gasteiger partial charge is 0.251 e. The minimum Gasteiger partial charge on any atom is -0.365 e. The first-order valence-corrected chi connectivity index (χ1v) is 8.90. The summed E-state index contributed by atoms with van der Waals surface area (Å²) in [7, 11) is 0. The molecule has 0 atom stereocenters. The number of hydrogen-bond acceptors (Lipinski definition) is 3. The number of aliphatic imine (C=N–C) groups is 1. The van der Waals surface area contributed by atoms with E-state index in [1.807, 2.05) is 20.8 Å². The second kappa shape index (κ2) is 8.04. The number of nitrogens with zero attached hydrogens (tertiary/aromatic N) is 1. The third kappa shape index (κ3) is 4.94. The first-order valence-electron chi connectivity index (χ1n) is 8.52. The van der Waals surface area contributed by atoms with Crippen LogP contribution in [0.3, 0.4) is 0 Å². The van der Waals surface area contributed by atoms with Gasteiger partial charge in [0.2, 0.25) is 0 Å². The van der Waals surface area contributed by atoms with Crippen LogP contribution >= 0.6 is 11.6 Å². The molecule has 0 unspecified atom stereocenters. The maximum absolute atomic E-state index is 13.1. The van der Waals surface area contributed by atoms with Crippen molar-refractivity contribution in [1.29, 1.82) is 0 Å². The molecule has 1 amide bonds. The van der Waals surface area contributed by atoms with Crippen molar-refractivity contribution in [1.82, 2.24) is 10.6 Å². The molecule has 1 aromatic carbocycles. The number of rotatable bonds is 7. The van der Waals surface area contributed by atoms with Gasteiger partial charge in [-0.05, 0) is 65.0 Å². The van der Waals surface area contributed by atoms with E-state index < -0.39 is 5.82 Å². The Morgan fingerprint density at radius 1 is 1.35 bits per heavy atom. The highest BCUT2D eigenvalue weighted by molar-refractivity contribution is 6.31. The zero-order valence-corrected chi connectivity index (χ0v) is 16.4. The molecule has 0 spiro atoms. The Morgan fingerprint density at radius 2 is 2.00 bits per heavy atom. The van der Waals surface area contributed by atoms with Crippen molar-refractivity contribution in [2.75, 3.05) is 0 Å². The summed E-state index contributed by atoms with van der Waals surface area (Å²) in [5.41, 5.74) is 2.86. The van der Waals surface area contributed by atoms with Gasteiger partial charge in [0.1, 0.15) is 11.6 Å². The fourth-order valence-corrected chi connectivity index (χ4v) is 2.90. The van der Waals surface area contributed by atoms with Crippen LogP contribution < -0.4 is 10.6 Å². The predicted octanol–water partition coefficient (Wildman–Crippen LogP) is 4.51. The molecule has 0 aliphatic heterocycles. The lowest BCUT2D eigenvalue weighted by molar-refractivity contribution is -0.117. The van der Waals surface area contributed by atoms with Crippen molar-refractivity contribution >= 4 is 24.2 Å². The van der Waals surface area contributed by atoms with Crippen molar-refractivity contribution in [3.05, 3.63) is 57.1 Å². The molecular formula is C20H25ClFN3O. The normalized spacial score (nSPS) is 15.6. The van der Waals surface area contributed by atoms with Crippen LogP contribution in [0.4, 0.5) is 4.39 Å². The maximum Gasteiger partial charge on any atom is 0.251 e. The molecule has 0 bridgehead atoms. The number of carbonyl (C=O) groups excluding carboxylic acids is 1. The summed E-state index contributed by atoms with van der Waals surface area (Å²) in [6, 6.07) is 4.12. The molecule has 0 radical (unpaired) electrons. The van der Waals surface area contributed by atoms with Crippen LogP contribution in [0.25, 0.3) is 0 Å². The fourth-order valence-electron chi connectivity index (χ4n) is 2.67. The largest absolute Gasteiger partial charge is 0.365 e. The van der Waals surface area contributed by atoms with Crippen molar-refractivity contribution in [2.45, 2.75) is 52.6 Å². The molecule has 0 heterocycles. The first-order chi connectivity index (χ1) is 12.2.